The van der Waals surface area contributed by atoms with Crippen LogP contribution in [0.4, 0.5) is 5.00 Å². The summed E-state index contributed by atoms with van der Waals surface area (Å²) in [5, 5.41) is 15.5. The van der Waals surface area contributed by atoms with Gasteiger partial charge >= 0.3 is 5.97 Å². The minimum atomic E-state index is -0.550. The highest BCUT2D eigenvalue weighted by Gasteiger charge is 2.23. The highest BCUT2D eigenvalue weighted by atomic mass is 35.5. The van der Waals surface area contributed by atoms with E-state index in [1.54, 1.807) is 53.9 Å². The van der Waals surface area contributed by atoms with Gasteiger partial charge in [0, 0.05) is 28.1 Å². The van der Waals surface area contributed by atoms with Crippen molar-refractivity contribution in [2.24, 2.45) is 0 Å². The highest BCUT2D eigenvalue weighted by Crippen LogP contribution is 2.37. The molecule has 37 heavy (non-hydrogen) atoms. The van der Waals surface area contributed by atoms with E-state index in [-0.39, 0.29) is 17.2 Å². The van der Waals surface area contributed by atoms with Gasteiger partial charge in [0.2, 0.25) is 5.91 Å². The summed E-state index contributed by atoms with van der Waals surface area (Å²) in [4.78, 5) is 25.4. The van der Waals surface area contributed by atoms with Gasteiger partial charge in [0.1, 0.15) is 10.6 Å². The Morgan fingerprint density at radius 2 is 1.84 bits per heavy atom. The van der Waals surface area contributed by atoms with E-state index in [0.29, 0.717) is 43.2 Å². The highest BCUT2D eigenvalue weighted by molar-refractivity contribution is 7.99. The molecule has 1 N–H and O–H groups in total. The molecule has 7 nitrogen and oxygen atoms in total. The topological polar surface area (TPSA) is 86.1 Å². The molecule has 0 unspecified atom stereocenters. The zero-order valence-corrected chi connectivity index (χ0v) is 23.2. The van der Waals surface area contributed by atoms with Crippen LogP contribution >= 0.6 is 57.9 Å². The van der Waals surface area contributed by atoms with E-state index in [9.17, 15) is 9.59 Å². The molecule has 0 bridgehead atoms. The van der Waals surface area contributed by atoms with E-state index in [4.69, 9.17) is 39.5 Å². The number of anilines is 1. The number of halogens is 3. The predicted molar refractivity (Wildman–Crippen MR) is 151 cm³/mol. The number of thioether (sulfide) groups is 1. The molecule has 1 amide bonds. The number of carbonyl (C=O) groups is 2. The number of nitrogens with zero attached hydrogens (tertiary/aromatic N) is 3. The van der Waals surface area contributed by atoms with Crippen molar-refractivity contribution in [3.05, 3.63) is 81.1 Å². The van der Waals surface area contributed by atoms with Gasteiger partial charge in [-0.2, -0.15) is 0 Å². The largest absolute Gasteiger partial charge is 0.465 e. The molecule has 0 aliphatic heterocycles. The van der Waals surface area contributed by atoms with Crippen molar-refractivity contribution < 1.29 is 14.3 Å². The van der Waals surface area contributed by atoms with Crippen molar-refractivity contribution in [3.8, 4) is 22.5 Å². The normalized spacial score (nSPS) is 10.8. The standard InChI is InChI=1S/C25H19Cl3N4O3S2/c1-3-10-32-22(15-6-9-18(27)19(28)11-15)30-31-25(32)37-13-20(33)29-23-21(24(34)35-2)17(12-36-23)14-4-7-16(26)8-5-14/h3-9,11-12H,1,10,13H2,2H3,(H,29,33). The van der Waals surface area contributed by atoms with E-state index in [2.05, 4.69) is 22.1 Å². The van der Waals surface area contributed by atoms with Crippen LogP contribution in [-0.2, 0) is 16.1 Å². The smallest absolute Gasteiger partial charge is 0.341 e. The molecule has 4 rings (SSSR count). The van der Waals surface area contributed by atoms with Crippen LogP contribution in [0.25, 0.3) is 22.5 Å². The number of esters is 1. The molecule has 2 aromatic heterocycles. The molecular formula is C25H19Cl3N4O3S2. The van der Waals surface area contributed by atoms with E-state index in [0.717, 1.165) is 11.1 Å². The molecule has 4 aromatic rings. The third kappa shape index (κ3) is 6.19. The molecular weight excluding hydrogens is 575 g/mol. The van der Waals surface area contributed by atoms with Crippen LogP contribution in [0, 0.1) is 0 Å². The average Bonchev–Trinajstić information content (AvgIpc) is 3.49. The first-order valence-electron chi connectivity index (χ1n) is 10.7. The van der Waals surface area contributed by atoms with Crippen molar-refractivity contribution in [2.45, 2.75) is 11.7 Å². The third-order valence-corrected chi connectivity index (χ3v) is 7.98. The van der Waals surface area contributed by atoms with Gasteiger partial charge in [-0.05, 0) is 35.9 Å². The molecule has 0 spiro atoms. The molecule has 0 atom stereocenters. The average molecular weight is 594 g/mol. The number of benzene rings is 2. The SMILES string of the molecule is C=CCn1c(SCC(=O)Nc2scc(-c3ccc(Cl)cc3)c2C(=O)OC)nnc1-c1ccc(Cl)c(Cl)c1. The van der Waals surface area contributed by atoms with Gasteiger partial charge in [-0.3, -0.25) is 9.36 Å². The summed E-state index contributed by atoms with van der Waals surface area (Å²) in [6, 6.07) is 12.3. The van der Waals surface area contributed by atoms with Gasteiger partial charge in [0.05, 0.1) is 22.9 Å². The van der Waals surface area contributed by atoms with Gasteiger partial charge in [0.25, 0.3) is 0 Å². The number of carbonyl (C=O) groups excluding carboxylic acids is 2. The lowest BCUT2D eigenvalue weighted by molar-refractivity contribution is -0.113. The zero-order chi connectivity index (χ0) is 26.5. The second kappa shape index (κ2) is 12.1. The third-order valence-electron chi connectivity index (χ3n) is 5.13. The number of allylic oxidation sites excluding steroid dienone is 1. The molecule has 0 fully saturated rings. The van der Waals surface area contributed by atoms with E-state index < -0.39 is 5.97 Å². The summed E-state index contributed by atoms with van der Waals surface area (Å²) in [7, 11) is 1.30. The fraction of sp³-hybridized carbons (Fsp3) is 0.120. The Morgan fingerprint density at radius 3 is 2.51 bits per heavy atom. The van der Waals surface area contributed by atoms with Gasteiger partial charge in [-0.15, -0.1) is 28.1 Å². The van der Waals surface area contributed by atoms with Crippen molar-refractivity contribution in [2.75, 3.05) is 18.2 Å². The molecule has 2 heterocycles. The fourth-order valence-electron chi connectivity index (χ4n) is 3.43. The molecule has 0 saturated heterocycles. The Labute approximate surface area is 236 Å². The van der Waals surface area contributed by atoms with Gasteiger partial charge in [-0.25, -0.2) is 4.79 Å². The van der Waals surface area contributed by atoms with E-state index in [1.165, 1.54) is 30.2 Å². The number of nitrogens with one attached hydrogen (secondary N) is 1. The lowest BCUT2D eigenvalue weighted by atomic mass is 10.0. The monoisotopic (exact) mass is 592 g/mol. The summed E-state index contributed by atoms with van der Waals surface area (Å²) in [5.41, 5.74) is 2.44. The number of ether oxygens (including phenoxy) is 1. The molecule has 0 aliphatic carbocycles. The van der Waals surface area contributed by atoms with E-state index in [1.807, 2.05) is 4.57 Å². The van der Waals surface area contributed by atoms with E-state index >= 15 is 0 Å². The van der Waals surface area contributed by atoms with Gasteiger partial charge in [0.15, 0.2) is 11.0 Å². The maximum atomic E-state index is 12.9. The second-order valence-corrected chi connectivity index (χ2v) is 10.6. The molecule has 0 radical (unpaired) electrons. The first kappa shape index (κ1) is 27.2. The van der Waals surface area contributed by atoms with Gasteiger partial charge < -0.3 is 10.1 Å². The van der Waals surface area contributed by atoms with Crippen LogP contribution in [0.5, 0.6) is 0 Å². The Bertz CT molecular complexity index is 1470. The van der Waals surface area contributed by atoms with Gasteiger partial charge in [-0.1, -0.05) is 64.8 Å². The number of hydrogen-bond donors (Lipinski definition) is 1. The number of methoxy groups -OCH3 is 1. The van der Waals surface area contributed by atoms with Crippen molar-refractivity contribution in [3.63, 3.8) is 0 Å². The van der Waals surface area contributed by atoms with Crippen molar-refractivity contribution >= 4 is 74.8 Å². The summed E-state index contributed by atoms with van der Waals surface area (Å²) < 4.78 is 6.80. The van der Waals surface area contributed by atoms with Crippen molar-refractivity contribution in [1.29, 1.82) is 0 Å². The zero-order valence-electron chi connectivity index (χ0n) is 19.3. The summed E-state index contributed by atoms with van der Waals surface area (Å²) in [6.45, 7) is 4.22. The summed E-state index contributed by atoms with van der Waals surface area (Å²) in [6.07, 6.45) is 1.71. The lowest BCUT2D eigenvalue weighted by Gasteiger charge is -2.09. The maximum Gasteiger partial charge on any atom is 0.341 e. The minimum absolute atomic E-state index is 0.0332. The van der Waals surface area contributed by atoms with Crippen LogP contribution in [0.15, 0.2) is 65.7 Å². The number of amides is 1. The minimum Gasteiger partial charge on any atom is -0.465 e. The number of rotatable bonds is 9. The molecule has 12 heteroatoms. The van der Waals surface area contributed by atoms with Crippen LogP contribution in [-0.4, -0.2) is 39.5 Å². The fourth-order valence-corrected chi connectivity index (χ4v) is 5.57. The number of thiophene rings is 1. The van der Waals surface area contributed by atoms with Crippen LogP contribution in [0.3, 0.4) is 0 Å². The first-order chi connectivity index (χ1) is 17.8. The Morgan fingerprint density at radius 1 is 1.11 bits per heavy atom. The quantitative estimate of drug-likeness (QED) is 0.124. The predicted octanol–water partition coefficient (Wildman–Crippen LogP) is 7.34. The Kier molecular flexibility index (Phi) is 8.94. The van der Waals surface area contributed by atoms with Crippen LogP contribution < -0.4 is 5.32 Å². The van der Waals surface area contributed by atoms with Crippen LogP contribution in [0.1, 0.15) is 10.4 Å². The lowest BCUT2D eigenvalue weighted by Crippen LogP contribution is -2.16. The molecule has 0 aliphatic rings. The summed E-state index contributed by atoms with van der Waals surface area (Å²) >= 11 is 20.6. The number of aromatic nitrogens is 3. The Hall–Kier alpha value is -2.82. The first-order valence-corrected chi connectivity index (χ1v) is 13.7. The Balaban J connectivity index is 1.53. The van der Waals surface area contributed by atoms with Crippen LogP contribution in [0.2, 0.25) is 15.1 Å². The molecule has 190 valence electrons. The molecule has 0 saturated carbocycles. The second-order valence-electron chi connectivity index (χ2n) is 7.52. The maximum absolute atomic E-state index is 12.9. The van der Waals surface area contributed by atoms with Crippen molar-refractivity contribution in [1.82, 2.24) is 14.8 Å². The molecule has 2 aromatic carbocycles. The summed E-state index contributed by atoms with van der Waals surface area (Å²) in [5.74, 6) is -0.263. The number of hydrogen-bond acceptors (Lipinski definition) is 7.